The van der Waals surface area contributed by atoms with E-state index >= 15 is 0 Å². The Balaban J connectivity index is 0.000000189. The van der Waals surface area contributed by atoms with Crippen molar-refractivity contribution in [1.82, 2.24) is 34.6 Å². The Bertz CT molecular complexity index is 4640. The predicted octanol–water partition coefficient (Wildman–Crippen LogP) is 17.3. The smallest absolute Gasteiger partial charge is 0.178 e. The molecular weight excluding hydrogens is 1880 g/mol. The van der Waals surface area contributed by atoms with Crippen molar-refractivity contribution in [2.75, 3.05) is 99.1 Å². The number of aryl methyl sites for hydroxylation is 2. The molecule has 0 spiro atoms. The van der Waals surface area contributed by atoms with Gasteiger partial charge in [0, 0.05) is 147 Å². The van der Waals surface area contributed by atoms with Crippen LogP contribution >= 0.6 is 46.4 Å². The third-order valence-electron chi connectivity index (χ3n) is 28.2. The van der Waals surface area contributed by atoms with Crippen LogP contribution in [0.5, 0.6) is 11.5 Å². The molecule has 7 saturated heterocycles. The Morgan fingerprint density at radius 1 is 0.386 bits per heavy atom. The van der Waals surface area contributed by atoms with Crippen molar-refractivity contribution in [2.45, 2.75) is 307 Å². The molecule has 29 atom stereocenters. The summed E-state index contributed by atoms with van der Waals surface area (Å²) in [5.41, 5.74) is 5.98. The number of nitrogens with zero attached hydrogens (tertiary/aromatic N) is 13. The average molecular weight is 2030 g/mol. The Morgan fingerprint density at radius 3 is 1.08 bits per heavy atom. The predicted molar refractivity (Wildman–Crippen MR) is 524 cm³/mol. The van der Waals surface area contributed by atoms with Gasteiger partial charge in [0.2, 0.25) is 0 Å². The second kappa shape index (κ2) is 56.0. The summed E-state index contributed by atoms with van der Waals surface area (Å²) in [5.74, 6) is 3.96. The van der Waals surface area contributed by atoms with E-state index in [0.29, 0.717) is 179 Å². The quantitative estimate of drug-likeness (QED) is 0.0410. The van der Waals surface area contributed by atoms with Gasteiger partial charge in [-0.3, -0.25) is 0 Å². The molecule has 0 radical (unpaired) electrons. The second-order valence-corrected chi connectivity index (χ2v) is 39.7. The number of nitriles is 6. The Kier molecular flexibility index (Phi) is 45.9. The summed E-state index contributed by atoms with van der Waals surface area (Å²) in [4.78, 5) is 20.7. The molecule has 4 aromatic rings. The Hall–Kier alpha value is -7.12. The fourth-order valence-electron chi connectivity index (χ4n) is 22.6. The van der Waals surface area contributed by atoms with Crippen LogP contribution < -0.4 is 0 Å². The zero-order chi connectivity index (χ0) is 102. The van der Waals surface area contributed by atoms with Gasteiger partial charge in [-0.15, -0.1) is 0 Å². The van der Waals surface area contributed by atoms with Crippen molar-refractivity contribution >= 4 is 57.8 Å². The summed E-state index contributed by atoms with van der Waals surface area (Å²) >= 11 is 21.8. The van der Waals surface area contributed by atoms with Gasteiger partial charge in [-0.1, -0.05) is 109 Å². The number of phenolic OH excluding ortho intramolecular Hbond substituents is 2. The van der Waals surface area contributed by atoms with Gasteiger partial charge in [0.25, 0.3) is 0 Å². The SMILES string of the molecule is CCOCC1CC(C)CC2C1OC1C3OC4C(COCC)CC(C)CC4C4OC(C)C(=N)C(C(C#N)N1C2OCC)N43.CCOCC1CC(C)CC2COC(C)C(=N)C3CC(OC12)C1OC2C(COCC)CC(C)CC2C(OCC)N1C3C#N.CCOCc1cc(C)cc(COCC)c1O.CCOCc1cc(C)cc(COCC)c1O.N#Cc1nc(Cl)c(Cl)nc1C#N.N#Cc1nc(Cl)c(Cl)nc1C#N. The van der Waals surface area contributed by atoms with Gasteiger partial charge in [0.05, 0.1) is 126 Å². The first-order chi connectivity index (χ1) is 67.4. The van der Waals surface area contributed by atoms with Gasteiger partial charge in [-0.25, -0.2) is 34.6 Å². The van der Waals surface area contributed by atoms with Crippen LogP contribution in [0.15, 0.2) is 24.3 Å². The number of piperazine rings is 1. The number of halogens is 4. The van der Waals surface area contributed by atoms with Gasteiger partial charge in [-0.05, 0) is 178 Å². The molecule has 29 unspecified atom stereocenters. The molecule has 770 valence electrons. The Morgan fingerprint density at radius 2 is 0.721 bits per heavy atom. The number of phenols is 2. The fraction of sp³-hybridized carbons (Fsp3) is 0.728. The van der Waals surface area contributed by atoms with E-state index in [2.05, 4.69) is 74.5 Å². The van der Waals surface area contributed by atoms with E-state index < -0.39 is 36.8 Å². The zero-order valence-electron chi connectivity index (χ0n) is 84.6. The lowest BCUT2D eigenvalue weighted by Gasteiger charge is -2.67. The summed E-state index contributed by atoms with van der Waals surface area (Å²) in [5, 5.41) is 93.5. The van der Waals surface area contributed by atoms with Crippen molar-refractivity contribution in [1.29, 1.82) is 42.4 Å². The van der Waals surface area contributed by atoms with Crippen molar-refractivity contribution in [3.05, 3.63) is 101 Å². The van der Waals surface area contributed by atoms with Crippen LogP contribution in [-0.4, -0.2) is 254 Å². The lowest BCUT2D eigenvalue weighted by Crippen LogP contribution is -2.83. The molecule has 2 aromatic carbocycles. The van der Waals surface area contributed by atoms with Crippen LogP contribution in [0.25, 0.3) is 0 Å². The summed E-state index contributed by atoms with van der Waals surface area (Å²) < 4.78 is 100. The summed E-state index contributed by atoms with van der Waals surface area (Å²) in [6, 6.07) is 18.1. The maximum Gasteiger partial charge on any atom is 0.178 e. The molecule has 9 heterocycles. The molecule has 33 nitrogen and oxygen atoms in total. The van der Waals surface area contributed by atoms with E-state index in [4.69, 9.17) is 143 Å². The highest BCUT2D eigenvalue weighted by Crippen LogP contribution is 2.55. The molecule has 15 rings (SSSR count). The molecule has 4 aliphatic carbocycles. The normalized spacial score (nSPS) is 32.4. The number of aromatic nitrogens is 4. The van der Waals surface area contributed by atoms with Gasteiger partial charge in [-0.2, -0.15) is 31.6 Å². The van der Waals surface area contributed by atoms with Gasteiger partial charge >= 0.3 is 0 Å². The largest absolute Gasteiger partial charge is 0.507 e. The minimum absolute atomic E-state index is 0.0245. The van der Waals surface area contributed by atoms with E-state index in [1.165, 1.54) is 0 Å². The molecule has 2 aromatic heterocycles. The number of hydrogen-bond acceptors (Lipinski definition) is 33. The molecular formula is C103H147Cl4N15O18. The van der Waals surface area contributed by atoms with Crippen LogP contribution in [0.4, 0.5) is 0 Å². The van der Waals surface area contributed by atoms with Gasteiger partial charge < -0.3 is 96.8 Å². The highest BCUT2D eigenvalue weighted by Gasteiger charge is 2.68. The lowest BCUT2D eigenvalue weighted by atomic mass is 9.69. The van der Waals surface area contributed by atoms with Crippen molar-refractivity contribution < 1.29 is 86.0 Å². The van der Waals surface area contributed by atoms with E-state index in [-0.39, 0.29) is 158 Å². The van der Waals surface area contributed by atoms with Crippen LogP contribution in [0.3, 0.4) is 0 Å². The lowest BCUT2D eigenvalue weighted by molar-refractivity contribution is -0.397. The second-order valence-electron chi connectivity index (χ2n) is 38.2. The van der Waals surface area contributed by atoms with Crippen molar-refractivity contribution in [2.24, 2.45) is 76.9 Å². The summed E-state index contributed by atoms with van der Waals surface area (Å²) in [6.45, 7) is 48.5. The van der Waals surface area contributed by atoms with Crippen LogP contribution in [0, 0.1) is 170 Å². The summed E-state index contributed by atoms with van der Waals surface area (Å²) in [6.07, 6.45) is 5.31. The van der Waals surface area contributed by atoms with Gasteiger partial charge in [0.15, 0.2) is 55.8 Å². The molecule has 11 fully saturated rings. The molecule has 0 amide bonds. The van der Waals surface area contributed by atoms with E-state index in [1.54, 1.807) is 24.3 Å². The average Bonchev–Trinajstić information content (AvgIpc) is 0.697. The number of rotatable bonds is 28. The van der Waals surface area contributed by atoms with Crippen LogP contribution in [-0.2, 0) is 102 Å². The highest BCUT2D eigenvalue weighted by molar-refractivity contribution is 6.40. The van der Waals surface area contributed by atoms with E-state index in [9.17, 15) is 31.6 Å². The number of fused-ring (bicyclic) bond motifs is 11. The first-order valence-electron chi connectivity index (χ1n) is 50.1. The molecule has 4 saturated carbocycles. The third-order valence-corrected chi connectivity index (χ3v) is 29.5. The maximum atomic E-state index is 10.8. The highest BCUT2D eigenvalue weighted by atomic mass is 35.5. The first-order valence-corrected chi connectivity index (χ1v) is 51.6. The number of hydrogen-bond donors (Lipinski definition) is 4. The number of ether oxygens (including phenoxy) is 16. The minimum atomic E-state index is -0.604. The molecule has 37 heteroatoms. The van der Waals surface area contributed by atoms with Crippen molar-refractivity contribution in [3.63, 3.8) is 0 Å². The monoisotopic (exact) mass is 2020 g/mol. The fourth-order valence-corrected chi connectivity index (χ4v) is 23.1. The van der Waals surface area contributed by atoms with E-state index in [1.807, 2.05) is 121 Å². The van der Waals surface area contributed by atoms with Crippen LogP contribution in [0.1, 0.15) is 225 Å². The zero-order valence-corrected chi connectivity index (χ0v) is 87.6. The topological polar surface area (TPSA) is 440 Å². The number of aromatic hydroxyl groups is 2. The molecule has 140 heavy (non-hydrogen) atoms. The first kappa shape index (κ1) is 115. The minimum Gasteiger partial charge on any atom is -0.507 e. The number of piperidine rings is 1. The number of nitrogens with one attached hydrogen (secondary N) is 2. The van der Waals surface area contributed by atoms with Gasteiger partial charge in [0.1, 0.15) is 72.8 Å². The summed E-state index contributed by atoms with van der Waals surface area (Å²) in [7, 11) is 0. The molecule has 2 bridgehead atoms. The molecule has 7 aliphatic heterocycles. The third kappa shape index (κ3) is 28.2. The number of benzene rings is 2. The van der Waals surface area contributed by atoms with E-state index in [0.717, 1.165) is 84.7 Å². The van der Waals surface area contributed by atoms with Crippen molar-refractivity contribution in [3.8, 4) is 47.9 Å². The maximum absolute atomic E-state index is 10.8. The van der Waals surface area contributed by atoms with Crippen LogP contribution in [0.2, 0.25) is 20.6 Å². The molecule has 4 N–H and O–H groups in total. The molecule has 11 aliphatic rings. The standard InChI is InChI=1S/C33H55N3O6.C32H52N4O6.2C13H20O3.2C6Cl2N4/c1-7-37-16-22-10-19(4)11-24-18-40-21(6)29(35)25-14-28(41-30(22)24)33-36(27(25)15-34)32(39-9-3)26-13-20(5)12-23(17-38-8-2)31(26)42-33;1-7-37-15-20-10-17(4)12-22-27(20)41-31-32-36-26(24(14-33)35(31)29(22)39-9-3)25(34)19(6)40-30(36)23-13-18(5)11-21(16-38-8-2)28(23)42-32;2*1-4-15-8-11-6-10(3)7-12(13(11)14)9-16-5-2;2*7-5-6(8)12-4(2-10)3(1-9)11-5/h19-28,30-33,35H,7-14,16-18H2,1-6H3;17-24,26-32,34H,7-13,15-16H2,1-6H3;2*6-7,14H,4-5,8-9H2,1-3H3;;. The Labute approximate surface area is 847 Å².